The van der Waals surface area contributed by atoms with Crippen molar-refractivity contribution < 1.29 is 19.1 Å². The van der Waals surface area contributed by atoms with Crippen LogP contribution in [0.15, 0.2) is 96.8 Å². The van der Waals surface area contributed by atoms with E-state index in [0.29, 0.717) is 28.6 Å². The van der Waals surface area contributed by atoms with Crippen molar-refractivity contribution >= 4 is 46.4 Å². The lowest BCUT2D eigenvalue weighted by Gasteiger charge is -2.23. The standard InChI is InChI=1S/C37H40N8O4/c1-43(2)17-18-44(3)30-15-16-32(33(21-30)48-4)42-34-22-35(40-25-39-34)45(37(47)49-24-27-9-6-5-7-10-27)31-12-8-11-29(20-31)41-36(46)28(23-38)19-26-13-14-26/h5-12,15-16,19-22,25-26H,13-14,17-18,24H2,1-4H3,(H,41,46)(H,39,40,42)/b28-19-. The zero-order chi connectivity index (χ0) is 34.8. The molecule has 1 saturated carbocycles. The van der Waals surface area contributed by atoms with Crippen LogP contribution in [-0.2, 0) is 16.1 Å². The fraction of sp³-hybridized carbons (Fsp3) is 0.270. The number of anilines is 6. The number of ether oxygens (including phenoxy) is 2. The summed E-state index contributed by atoms with van der Waals surface area (Å²) in [4.78, 5) is 41.0. The summed E-state index contributed by atoms with van der Waals surface area (Å²) in [6.45, 7) is 1.78. The topological polar surface area (TPSA) is 136 Å². The van der Waals surface area contributed by atoms with Crippen molar-refractivity contribution in [3.8, 4) is 11.8 Å². The van der Waals surface area contributed by atoms with Gasteiger partial charge in [-0.25, -0.2) is 19.7 Å². The number of nitriles is 1. The molecule has 0 atom stereocenters. The number of carbonyl (C=O) groups excluding carboxylic acids is 2. The van der Waals surface area contributed by atoms with Crippen LogP contribution in [0.3, 0.4) is 0 Å². The fourth-order valence-corrected chi connectivity index (χ4v) is 4.87. The van der Waals surface area contributed by atoms with Gasteiger partial charge in [-0.15, -0.1) is 0 Å². The molecule has 0 spiro atoms. The van der Waals surface area contributed by atoms with Gasteiger partial charge >= 0.3 is 6.09 Å². The molecule has 0 saturated heterocycles. The maximum Gasteiger partial charge on any atom is 0.420 e. The zero-order valence-corrected chi connectivity index (χ0v) is 28.1. The Morgan fingerprint density at radius 3 is 2.47 bits per heavy atom. The first-order chi connectivity index (χ1) is 23.7. The van der Waals surface area contributed by atoms with Gasteiger partial charge in [0.2, 0.25) is 0 Å². The molecule has 252 valence electrons. The summed E-state index contributed by atoms with van der Waals surface area (Å²) in [7, 11) is 7.71. The Bertz CT molecular complexity index is 1840. The van der Waals surface area contributed by atoms with Crippen LogP contribution in [0.25, 0.3) is 0 Å². The molecule has 0 radical (unpaired) electrons. The summed E-state index contributed by atoms with van der Waals surface area (Å²) in [5.41, 5.74) is 3.32. The van der Waals surface area contributed by atoms with Gasteiger partial charge in [0.25, 0.3) is 5.91 Å². The number of benzene rings is 3. The third-order valence-corrected chi connectivity index (χ3v) is 7.79. The first-order valence-corrected chi connectivity index (χ1v) is 15.9. The second kappa shape index (κ2) is 16.3. The second-order valence-electron chi connectivity index (χ2n) is 11.9. The smallest absolute Gasteiger partial charge is 0.420 e. The lowest BCUT2D eigenvalue weighted by molar-refractivity contribution is -0.112. The minimum atomic E-state index is -0.689. The Labute approximate surface area is 286 Å². The molecule has 12 heteroatoms. The number of methoxy groups -OCH3 is 1. The summed E-state index contributed by atoms with van der Waals surface area (Å²) in [5.74, 6) is 0.997. The number of nitrogens with zero attached hydrogens (tertiary/aromatic N) is 6. The number of aromatic nitrogens is 2. The molecule has 2 N–H and O–H groups in total. The molecule has 0 bridgehead atoms. The first kappa shape index (κ1) is 34.4. The highest BCUT2D eigenvalue weighted by molar-refractivity contribution is 6.07. The lowest BCUT2D eigenvalue weighted by atomic mass is 10.2. The average molecular weight is 661 g/mol. The van der Waals surface area contributed by atoms with Gasteiger partial charge in [-0.05, 0) is 68.8 Å². The van der Waals surface area contributed by atoms with E-state index in [2.05, 4.69) is 30.4 Å². The van der Waals surface area contributed by atoms with Gasteiger partial charge in [0.1, 0.15) is 42.0 Å². The van der Waals surface area contributed by atoms with Crippen molar-refractivity contribution in [3.63, 3.8) is 0 Å². The number of allylic oxidation sites excluding steroid dienone is 1. The molecular weight excluding hydrogens is 620 g/mol. The Morgan fingerprint density at radius 2 is 1.76 bits per heavy atom. The first-order valence-electron chi connectivity index (χ1n) is 15.9. The van der Waals surface area contributed by atoms with Gasteiger partial charge in [0, 0.05) is 43.6 Å². The maximum absolute atomic E-state index is 13.8. The van der Waals surface area contributed by atoms with Gasteiger partial charge in [0.15, 0.2) is 0 Å². The lowest BCUT2D eigenvalue weighted by Crippen LogP contribution is -2.28. The van der Waals surface area contributed by atoms with E-state index >= 15 is 0 Å². The molecule has 49 heavy (non-hydrogen) atoms. The van der Waals surface area contributed by atoms with E-state index in [0.717, 1.165) is 37.2 Å². The summed E-state index contributed by atoms with van der Waals surface area (Å²) < 4.78 is 11.4. The minimum Gasteiger partial charge on any atom is -0.494 e. The quantitative estimate of drug-likeness (QED) is 0.114. The Balaban J connectivity index is 1.42. The maximum atomic E-state index is 13.8. The van der Waals surface area contributed by atoms with Gasteiger partial charge in [-0.2, -0.15) is 5.26 Å². The predicted octanol–water partition coefficient (Wildman–Crippen LogP) is 6.50. The third kappa shape index (κ3) is 9.56. The second-order valence-corrected chi connectivity index (χ2v) is 11.9. The highest BCUT2D eigenvalue weighted by Gasteiger charge is 2.24. The van der Waals surface area contributed by atoms with Crippen LogP contribution in [0.4, 0.5) is 39.2 Å². The van der Waals surface area contributed by atoms with E-state index < -0.39 is 12.0 Å². The van der Waals surface area contributed by atoms with Crippen LogP contribution < -0.4 is 25.2 Å². The van der Waals surface area contributed by atoms with Crippen LogP contribution in [0.1, 0.15) is 18.4 Å². The molecule has 0 aliphatic heterocycles. The molecule has 0 unspecified atom stereocenters. The summed E-state index contributed by atoms with van der Waals surface area (Å²) in [5, 5.41) is 15.6. The van der Waals surface area contributed by atoms with Gasteiger partial charge in [-0.1, -0.05) is 42.5 Å². The third-order valence-electron chi connectivity index (χ3n) is 7.79. The molecular formula is C37H40N8O4. The minimum absolute atomic E-state index is 0.0345. The Hall–Kier alpha value is -5.93. The number of amides is 2. The van der Waals surface area contributed by atoms with Crippen molar-refractivity contribution in [2.24, 2.45) is 5.92 Å². The molecule has 5 rings (SSSR count). The molecule has 3 aromatic carbocycles. The SMILES string of the molecule is COc1cc(N(C)CCN(C)C)ccc1Nc1cc(N(C(=O)OCc2ccccc2)c2cccc(NC(=O)/C(C#N)=C\C3CC3)c2)ncn1. The highest BCUT2D eigenvalue weighted by Crippen LogP contribution is 2.34. The van der Waals surface area contributed by atoms with E-state index in [1.807, 2.05) is 75.7 Å². The van der Waals surface area contributed by atoms with Crippen molar-refractivity contribution in [2.75, 3.05) is 61.8 Å². The number of hydrogen-bond donors (Lipinski definition) is 2. The monoisotopic (exact) mass is 660 g/mol. The van der Waals surface area contributed by atoms with E-state index in [9.17, 15) is 14.9 Å². The Kier molecular flexibility index (Phi) is 11.4. The van der Waals surface area contributed by atoms with Crippen molar-refractivity contribution in [3.05, 3.63) is 102 Å². The van der Waals surface area contributed by atoms with Crippen molar-refractivity contribution in [2.45, 2.75) is 19.4 Å². The zero-order valence-electron chi connectivity index (χ0n) is 28.1. The fourth-order valence-electron chi connectivity index (χ4n) is 4.87. The van der Waals surface area contributed by atoms with Crippen LogP contribution in [0.2, 0.25) is 0 Å². The Morgan fingerprint density at radius 1 is 0.959 bits per heavy atom. The number of hydrogen-bond acceptors (Lipinski definition) is 10. The highest BCUT2D eigenvalue weighted by atomic mass is 16.6. The van der Waals surface area contributed by atoms with Gasteiger partial charge < -0.3 is 29.9 Å². The molecule has 4 aromatic rings. The van der Waals surface area contributed by atoms with E-state index in [-0.39, 0.29) is 23.9 Å². The number of rotatable bonds is 14. The van der Waals surface area contributed by atoms with Crippen LogP contribution in [0.5, 0.6) is 5.75 Å². The largest absolute Gasteiger partial charge is 0.494 e. The molecule has 1 aliphatic rings. The molecule has 1 aliphatic carbocycles. The van der Waals surface area contributed by atoms with Gasteiger partial charge in [-0.3, -0.25) is 4.79 Å². The molecule has 1 heterocycles. The van der Waals surface area contributed by atoms with Crippen LogP contribution in [0, 0.1) is 17.2 Å². The summed E-state index contributed by atoms with van der Waals surface area (Å²) in [6.07, 6.45) is 4.30. The molecule has 1 aromatic heterocycles. The number of carbonyl (C=O) groups is 2. The number of nitrogens with one attached hydrogen (secondary N) is 2. The molecule has 12 nitrogen and oxygen atoms in total. The summed E-state index contributed by atoms with van der Waals surface area (Å²) >= 11 is 0. The molecule has 1 fully saturated rings. The van der Waals surface area contributed by atoms with Crippen molar-refractivity contribution in [1.29, 1.82) is 5.26 Å². The average Bonchev–Trinajstić information content (AvgIpc) is 3.94. The van der Waals surface area contributed by atoms with Crippen molar-refractivity contribution in [1.82, 2.24) is 14.9 Å². The van der Waals surface area contributed by atoms with E-state index in [1.54, 1.807) is 43.5 Å². The predicted molar refractivity (Wildman–Crippen MR) is 190 cm³/mol. The number of likely N-dealkylation sites (N-methyl/N-ethyl adjacent to an activating group) is 2. The normalized spacial score (nSPS) is 12.5. The van der Waals surface area contributed by atoms with Gasteiger partial charge in [0.05, 0.1) is 18.5 Å². The molecule has 2 amide bonds. The summed E-state index contributed by atoms with van der Waals surface area (Å²) in [6, 6.07) is 25.5. The van der Waals surface area contributed by atoms with Crippen LogP contribution in [-0.4, -0.2) is 68.2 Å². The van der Waals surface area contributed by atoms with Crippen LogP contribution >= 0.6 is 0 Å². The van der Waals surface area contributed by atoms with E-state index in [4.69, 9.17) is 9.47 Å². The van der Waals surface area contributed by atoms with E-state index in [1.165, 1.54) is 11.2 Å².